The van der Waals surface area contributed by atoms with E-state index in [0.29, 0.717) is 19.4 Å². The number of allylic oxidation sites excluding steroid dienone is 1. The van der Waals surface area contributed by atoms with Crippen LogP contribution in [0.3, 0.4) is 0 Å². The standard InChI is InChI=1S/C18H31NO5/c1-5-23-16(21)15-9-7-6-8-13(15)10-11-14(12-20)19-17(22)24-18(2,3)4/h14,20H,5-12H2,1-4H3,(H,19,22)/t14-/m1/s1. The number of aliphatic hydroxyl groups excluding tert-OH is 1. The van der Waals surface area contributed by atoms with Gasteiger partial charge >= 0.3 is 12.1 Å². The van der Waals surface area contributed by atoms with E-state index in [9.17, 15) is 14.7 Å². The summed E-state index contributed by atoms with van der Waals surface area (Å²) in [5.41, 5.74) is 1.29. The third kappa shape index (κ3) is 7.34. The van der Waals surface area contributed by atoms with Crippen molar-refractivity contribution in [3.63, 3.8) is 0 Å². The smallest absolute Gasteiger partial charge is 0.407 e. The molecule has 2 N–H and O–H groups in total. The molecule has 0 spiro atoms. The predicted octanol–water partition coefficient (Wildman–Crippen LogP) is 3.09. The van der Waals surface area contributed by atoms with Crippen LogP contribution in [0.5, 0.6) is 0 Å². The summed E-state index contributed by atoms with van der Waals surface area (Å²) in [5.74, 6) is -0.229. The molecule has 0 aromatic carbocycles. The van der Waals surface area contributed by atoms with Crippen molar-refractivity contribution in [1.29, 1.82) is 0 Å². The van der Waals surface area contributed by atoms with E-state index in [1.807, 2.05) is 0 Å². The highest BCUT2D eigenvalue weighted by atomic mass is 16.6. The fourth-order valence-electron chi connectivity index (χ4n) is 2.74. The van der Waals surface area contributed by atoms with Gasteiger partial charge in [-0.3, -0.25) is 0 Å². The highest BCUT2D eigenvalue weighted by Gasteiger charge is 2.22. The summed E-state index contributed by atoms with van der Waals surface area (Å²) in [6.45, 7) is 7.38. The van der Waals surface area contributed by atoms with E-state index in [1.54, 1.807) is 27.7 Å². The number of nitrogens with one attached hydrogen (secondary N) is 1. The van der Waals surface area contributed by atoms with Gasteiger partial charge in [0, 0.05) is 5.57 Å². The minimum Gasteiger partial charge on any atom is -0.463 e. The van der Waals surface area contributed by atoms with Crippen LogP contribution in [0.2, 0.25) is 0 Å². The molecule has 138 valence electrons. The molecule has 1 rings (SSSR count). The normalized spacial score (nSPS) is 16.5. The minimum atomic E-state index is -0.576. The molecule has 0 saturated carbocycles. The van der Waals surface area contributed by atoms with Gasteiger partial charge in [-0.2, -0.15) is 0 Å². The van der Waals surface area contributed by atoms with Gasteiger partial charge in [0.2, 0.25) is 0 Å². The zero-order chi connectivity index (χ0) is 18.2. The van der Waals surface area contributed by atoms with Crippen molar-refractivity contribution >= 4 is 12.1 Å². The van der Waals surface area contributed by atoms with Crippen molar-refractivity contribution in [2.24, 2.45) is 0 Å². The molecule has 1 atom stereocenters. The summed E-state index contributed by atoms with van der Waals surface area (Å²) in [5, 5.41) is 12.2. The number of aliphatic hydroxyl groups is 1. The van der Waals surface area contributed by atoms with Crippen molar-refractivity contribution in [1.82, 2.24) is 5.32 Å². The van der Waals surface area contributed by atoms with Gasteiger partial charge in [0.25, 0.3) is 0 Å². The molecule has 0 heterocycles. The molecule has 1 amide bonds. The molecular formula is C18H31NO5. The first-order valence-corrected chi connectivity index (χ1v) is 8.75. The SMILES string of the molecule is CCOC(=O)C1=C(CC[C@H](CO)NC(=O)OC(C)(C)C)CCCC1. The van der Waals surface area contributed by atoms with E-state index < -0.39 is 17.7 Å². The number of carbonyl (C=O) groups is 2. The average molecular weight is 341 g/mol. The fourth-order valence-corrected chi connectivity index (χ4v) is 2.74. The third-order valence-electron chi connectivity index (χ3n) is 3.84. The first-order valence-electron chi connectivity index (χ1n) is 8.75. The lowest BCUT2D eigenvalue weighted by atomic mass is 9.88. The Labute approximate surface area is 144 Å². The molecule has 24 heavy (non-hydrogen) atoms. The van der Waals surface area contributed by atoms with E-state index in [-0.39, 0.29) is 12.6 Å². The molecule has 6 heteroatoms. The summed E-state index contributed by atoms with van der Waals surface area (Å²) >= 11 is 0. The van der Waals surface area contributed by atoms with Crippen molar-refractivity contribution in [3.05, 3.63) is 11.1 Å². The lowest BCUT2D eigenvalue weighted by Gasteiger charge is -2.24. The van der Waals surface area contributed by atoms with Gasteiger partial charge in [-0.05, 0) is 66.2 Å². The second kappa shape index (κ2) is 9.67. The number of hydrogen-bond donors (Lipinski definition) is 2. The zero-order valence-electron chi connectivity index (χ0n) is 15.3. The molecule has 0 aliphatic heterocycles. The Balaban J connectivity index is 2.62. The van der Waals surface area contributed by atoms with Crippen LogP contribution in [0, 0.1) is 0 Å². The molecule has 0 aromatic rings. The predicted molar refractivity (Wildman–Crippen MR) is 91.6 cm³/mol. The van der Waals surface area contributed by atoms with Crippen LogP contribution in [0.25, 0.3) is 0 Å². The third-order valence-corrected chi connectivity index (χ3v) is 3.84. The fraction of sp³-hybridized carbons (Fsp3) is 0.778. The van der Waals surface area contributed by atoms with E-state index in [1.165, 1.54) is 0 Å². The molecule has 0 unspecified atom stereocenters. The molecule has 6 nitrogen and oxygen atoms in total. The van der Waals surface area contributed by atoms with Gasteiger partial charge in [-0.1, -0.05) is 5.57 Å². The van der Waals surface area contributed by atoms with E-state index in [2.05, 4.69) is 5.32 Å². The summed E-state index contributed by atoms with van der Waals surface area (Å²) in [4.78, 5) is 23.8. The van der Waals surface area contributed by atoms with Gasteiger partial charge < -0.3 is 19.9 Å². The number of alkyl carbamates (subject to hydrolysis) is 1. The number of rotatable bonds is 7. The largest absolute Gasteiger partial charge is 0.463 e. The summed E-state index contributed by atoms with van der Waals surface area (Å²) in [6, 6.07) is -0.391. The van der Waals surface area contributed by atoms with E-state index in [4.69, 9.17) is 9.47 Å². The molecule has 0 saturated heterocycles. The van der Waals surface area contributed by atoms with Crippen LogP contribution in [0.15, 0.2) is 11.1 Å². The topological polar surface area (TPSA) is 84.9 Å². The van der Waals surface area contributed by atoms with Crippen LogP contribution >= 0.6 is 0 Å². The van der Waals surface area contributed by atoms with Crippen LogP contribution < -0.4 is 5.32 Å². The van der Waals surface area contributed by atoms with E-state index in [0.717, 1.165) is 36.8 Å². The lowest BCUT2D eigenvalue weighted by Crippen LogP contribution is -2.41. The minimum absolute atomic E-state index is 0.165. The second-order valence-electron chi connectivity index (χ2n) is 7.07. The highest BCUT2D eigenvalue weighted by Crippen LogP contribution is 2.29. The maximum absolute atomic E-state index is 12.0. The maximum Gasteiger partial charge on any atom is 0.407 e. The van der Waals surface area contributed by atoms with Gasteiger partial charge in [0.1, 0.15) is 5.60 Å². The zero-order valence-corrected chi connectivity index (χ0v) is 15.3. The Bertz CT molecular complexity index is 465. The Morgan fingerprint density at radius 1 is 1.25 bits per heavy atom. The summed E-state index contributed by atoms with van der Waals surface area (Å²) in [6.07, 6.45) is 4.36. The molecular weight excluding hydrogens is 310 g/mol. The monoisotopic (exact) mass is 341 g/mol. The van der Waals surface area contributed by atoms with Gasteiger partial charge in [-0.15, -0.1) is 0 Å². The Hall–Kier alpha value is -1.56. The Morgan fingerprint density at radius 2 is 1.92 bits per heavy atom. The maximum atomic E-state index is 12.0. The molecule has 1 aliphatic carbocycles. The van der Waals surface area contributed by atoms with Crippen LogP contribution in [0.1, 0.15) is 66.2 Å². The lowest BCUT2D eigenvalue weighted by molar-refractivity contribution is -0.138. The summed E-state index contributed by atoms with van der Waals surface area (Å²) < 4.78 is 10.3. The van der Waals surface area contributed by atoms with Crippen molar-refractivity contribution in [3.8, 4) is 0 Å². The van der Waals surface area contributed by atoms with Crippen LogP contribution in [-0.4, -0.2) is 42.0 Å². The first-order chi connectivity index (χ1) is 11.3. The van der Waals surface area contributed by atoms with Crippen LogP contribution in [-0.2, 0) is 14.3 Å². The average Bonchev–Trinajstić information content (AvgIpc) is 2.50. The number of hydrogen-bond acceptors (Lipinski definition) is 5. The number of ether oxygens (including phenoxy) is 2. The van der Waals surface area contributed by atoms with Gasteiger partial charge in [-0.25, -0.2) is 9.59 Å². The molecule has 0 aromatic heterocycles. The quantitative estimate of drug-likeness (QED) is 0.695. The molecule has 1 aliphatic rings. The molecule has 0 radical (unpaired) electrons. The first kappa shape index (κ1) is 20.5. The number of esters is 1. The van der Waals surface area contributed by atoms with Crippen molar-refractivity contribution in [2.45, 2.75) is 77.9 Å². The van der Waals surface area contributed by atoms with Crippen molar-refractivity contribution < 1.29 is 24.2 Å². The molecule has 0 fully saturated rings. The van der Waals surface area contributed by atoms with Gasteiger partial charge in [0.15, 0.2) is 0 Å². The van der Waals surface area contributed by atoms with Crippen molar-refractivity contribution in [2.75, 3.05) is 13.2 Å². The second-order valence-corrected chi connectivity index (χ2v) is 7.07. The van der Waals surface area contributed by atoms with E-state index >= 15 is 0 Å². The van der Waals surface area contributed by atoms with Gasteiger partial charge in [0.05, 0.1) is 19.3 Å². The summed E-state index contributed by atoms with van der Waals surface area (Å²) in [7, 11) is 0. The molecule has 0 bridgehead atoms. The number of amides is 1. The Morgan fingerprint density at radius 3 is 2.50 bits per heavy atom. The van der Waals surface area contributed by atoms with Crippen LogP contribution in [0.4, 0.5) is 4.79 Å². The number of carbonyl (C=O) groups excluding carboxylic acids is 2. The highest BCUT2D eigenvalue weighted by molar-refractivity contribution is 5.89. The Kier molecular flexibility index (Phi) is 8.25.